The molecule has 0 saturated heterocycles. The molecule has 3 aromatic rings. The molecule has 27 heavy (non-hydrogen) atoms. The first-order valence-electron chi connectivity index (χ1n) is 8.44. The molecule has 0 aliphatic carbocycles. The van der Waals surface area contributed by atoms with Crippen molar-refractivity contribution in [3.8, 4) is 17.0 Å². The second kappa shape index (κ2) is 7.20. The SMILES string of the molecule is COc1ccccc1-c1csc(NC(=O)C[C@@H]2C(=O)Nc3ccccc32)n1. The number of rotatable bonds is 5. The highest BCUT2D eigenvalue weighted by molar-refractivity contribution is 7.14. The zero-order valence-electron chi connectivity index (χ0n) is 14.6. The van der Waals surface area contributed by atoms with Gasteiger partial charge in [-0.05, 0) is 23.8 Å². The third-order valence-electron chi connectivity index (χ3n) is 4.43. The predicted molar refractivity (Wildman–Crippen MR) is 105 cm³/mol. The van der Waals surface area contributed by atoms with Crippen molar-refractivity contribution in [1.29, 1.82) is 0 Å². The van der Waals surface area contributed by atoms with Crippen LogP contribution in [-0.4, -0.2) is 23.9 Å². The predicted octanol–water partition coefficient (Wildman–Crippen LogP) is 3.88. The summed E-state index contributed by atoms with van der Waals surface area (Å²) < 4.78 is 5.36. The molecule has 2 N–H and O–H groups in total. The van der Waals surface area contributed by atoms with E-state index >= 15 is 0 Å². The Balaban J connectivity index is 1.47. The summed E-state index contributed by atoms with van der Waals surface area (Å²) >= 11 is 1.34. The van der Waals surface area contributed by atoms with E-state index in [2.05, 4.69) is 15.6 Å². The van der Waals surface area contributed by atoms with E-state index in [0.717, 1.165) is 28.3 Å². The molecule has 4 rings (SSSR count). The van der Waals surface area contributed by atoms with Crippen LogP contribution in [0, 0.1) is 0 Å². The van der Waals surface area contributed by atoms with E-state index in [0.29, 0.717) is 5.13 Å². The summed E-state index contributed by atoms with van der Waals surface area (Å²) in [4.78, 5) is 29.1. The molecule has 1 aliphatic rings. The molecule has 2 heterocycles. The number of carbonyl (C=O) groups is 2. The number of amides is 2. The topological polar surface area (TPSA) is 80.3 Å². The van der Waals surface area contributed by atoms with Gasteiger partial charge in [-0.1, -0.05) is 30.3 Å². The number of aromatic nitrogens is 1. The summed E-state index contributed by atoms with van der Waals surface area (Å²) in [7, 11) is 1.61. The normalized spacial score (nSPS) is 15.1. The molecule has 6 nitrogen and oxygen atoms in total. The lowest BCUT2D eigenvalue weighted by Crippen LogP contribution is -2.20. The maximum absolute atomic E-state index is 12.4. The fourth-order valence-corrected chi connectivity index (χ4v) is 3.87. The van der Waals surface area contributed by atoms with E-state index in [4.69, 9.17) is 4.74 Å². The fourth-order valence-electron chi connectivity index (χ4n) is 3.15. The minimum Gasteiger partial charge on any atom is -0.496 e. The van der Waals surface area contributed by atoms with Crippen LogP contribution in [-0.2, 0) is 9.59 Å². The largest absolute Gasteiger partial charge is 0.496 e. The first-order valence-corrected chi connectivity index (χ1v) is 9.32. The van der Waals surface area contributed by atoms with Crippen molar-refractivity contribution >= 4 is 34.0 Å². The second-order valence-corrected chi connectivity index (χ2v) is 6.98. The van der Waals surface area contributed by atoms with Gasteiger partial charge in [0.25, 0.3) is 0 Å². The van der Waals surface area contributed by atoms with E-state index in [1.807, 2.05) is 53.9 Å². The van der Waals surface area contributed by atoms with Gasteiger partial charge in [0.1, 0.15) is 5.75 Å². The third kappa shape index (κ3) is 3.41. The number of hydrogen-bond donors (Lipinski definition) is 2. The number of methoxy groups -OCH3 is 1. The fraction of sp³-hybridized carbons (Fsp3) is 0.150. The summed E-state index contributed by atoms with van der Waals surface area (Å²) in [5.41, 5.74) is 3.22. The Labute approximate surface area is 160 Å². The highest BCUT2D eigenvalue weighted by atomic mass is 32.1. The summed E-state index contributed by atoms with van der Waals surface area (Å²) in [5.74, 6) is -0.150. The van der Waals surface area contributed by atoms with Crippen molar-refractivity contribution in [1.82, 2.24) is 4.98 Å². The zero-order valence-corrected chi connectivity index (χ0v) is 15.4. The zero-order chi connectivity index (χ0) is 18.8. The van der Waals surface area contributed by atoms with Gasteiger partial charge in [0.15, 0.2) is 5.13 Å². The molecule has 136 valence electrons. The number of fused-ring (bicyclic) bond motifs is 1. The molecule has 2 aromatic carbocycles. The number of nitrogens with zero attached hydrogens (tertiary/aromatic N) is 1. The van der Waals surface area contributed by atoms with Crippen LogP contribution in [0.2, 0.25) is 0 Å². The highest BCUT2D eigenvalue weighted by Gasteiger charge is 2.32. The van der Waals surface area contributed by atoms with Gasteiger partial charge in [0, 0.05) is 23.1 Å². The lowest BCUT2D eigenvalue weighted by Gasteiger charge is -2.08. The number of thiazole rings is 1. The van der Waals surface area contributed by atoms with Gasteiger partial charge in [-0.15, -0.1) is 11.3 Å². The molecular formula is C20H17N3O3S. The molecule has 0 radical (unpaired) electrons. The summed E-state index contributed by atoms with van der Waals surface area (Å²) in [6, 6.07) is 15.0. The Morgan fingerprint density at radius 1 is 1.22 bits per heavy atom. The van der Waals surface area contributed by atoms with Crippen molar-refractivity contribution in [3.63, 3.8) is 0 Å². The number of para-hydroxylation sites is 2. The van der Waals surface area contributed by atoms with Crippen LogP contribution >= 0.6 is 11.3 Å². The summed E-state index contributed by atoms with van der Waals surface area (Å²) in [6.45, 7) is 0. The van der Waals surface area contributed by atoms with Crippen LogP contribution < -0.4 is 15.4 Å². The first-order chi connectivity index (χ1) is 13.2. The molecule has 1 aliphatic heterocycles. The van der Waals surface area contributed by atoms with Crippen LogP contribution in [0.4, 0.5) is 10.8 Å². The number of benzene rings is 2. The van der Waals surface area contributed by atoms with Crippen molar-refractivity contribution in [2.45, 2.75) is 12.3 Å². The maximum atomic E-state index is 12.4. The molecule has 1 atom stereocenters. The first kappa shape index (κ1) is 17.2. The van der Waals surface area contributed by atoms with Crippen LogP contribution in [0.25, 0.3) is 11.3 Å². The third-order valence-corrected chi connectivity index (χ3v) is 5.19. The quantitative estimate of drug-likeness (QED) is 0.705. The lowest BCUT2D eigenvalue weighted by atomic mass is 9.97. The molecular weight excluding hydrogens is 362 g/mol. The minimum atomic E-state index is -0.477. The van der Waals surface area contributed by atoms with Crippen molar-refractivity contribution in [3.05, 3.63) is 59.5 Å². The van der Waals surface area contributed by atoms with Gasteiger partial charge in [-0.2, -0.15) is 0 Å². The summed E-state index contributed by atoms with van der Waals surface area (Å²) in [5, 5.41) is 7.96. The second-order valence-electron chi connectivity index (χ2n) is 6.12. The average Bonchev–Trinajstić information content (AvgIpc) is 3.26. The summed E-state index contributed by atoms with van der Waals surface area (Å²) in [6.07, 6.45) is 0.0758. The Bertz CT molecular complexity index is 1010. The van der Waals surface area contributed by atoms with Gasteiger partial charge in [-0.3, -0.25) is 9.59 Å². The Hall–Kier alpha value is -3.19. The molecule has 1 aromatic heterocycles. The Morgan fingerprint density at radius 2 is 2.00 bits per heavy atom. The van der Waals surface area contributed by atoms with Crippen molar-refractivity contribution < 1.29 is 14.3 Å². The molecule has 0 fully saturated rings. The Morgan fingerprint density at radius 3 is 2.85 bits per heavy atom. The number of carbonyl (C=O) groups excluding carboxylic acids is 2. The van der Waals surface area contributed by atoms with E-state index in [-0.39, 0.29) is 18.2 Å². The standard InChI is InChI=1S/C20H17N3O3S/c1-26-17-9-5-3-7-13(17)16-11-27-20(22-16)23-18(24)10-14-12-6-2-4-8-15(12)21-19(14)25/h2-9,11,14H,10H2,1H3,(H,21,25)(H,22,23,24)/t14-/m0/s1. The molecule has 0 saturated carbocycles. The van der Waals surface area contributed by atoms with Gasteiger partial charge < -0.3 is 15.4 Å². The number of ether oxygens (including phenoxy) is 1. The number of hydrogen-bond acceptors (Lipinski definition) is 5. The van der Waals surface area contributed by atoms with Gasteiger partial charge in [0.2, 0.25) is 11.8 Å². The van der Waals surface area contributed by atoms with Crippen LogP contribution in [0.1, 0.15) is 17.9 Å². The average molecular weight is 379 g/mol. The minimum absolute atomic E-state index is 0.0758. The van der Waals surface area contributed by atoms with E-state index in [9.17, 15) is 9.59 Å². The monoisotopic (exact) mass is 379 g/mol. The lowest BCUT2D eigenvalue weighted by molar-refractivity contribution is -0.122. The molecule has 0 bridgehead atoms. The van der Waals surface area contributed by atoms with Crippen LogP contribution in [0.5, 0.6) is 5.75 Å². The maximum Gasteiger partial charge on any atom is 0.232 e. The molecule has 0 unspecified atom stereocenters. The smallest absolute Gasteiger partial charge is 0.232 e. The van der Waals surface area contributed by atoms with Gasteiger partial charge in [-0.25, -0.2) is 4.98 Å². The van der Waals surface area contributed by atoms with E-state index in [1.54, 1.807) is 7.11 Å². The number of nitrogens with one attached hydrogen (secondary N) is 2. The van der Waals surface area contributed by atoms with Crippen LogP contribution in [0.3, 0.4) is 0 Å². The van der Waals surface area contributed by atoms with Crippen molar-refractivity contribution in [2.24, 2.45) is 0 Å². The number of anilines is 2. The van der Waals surface area contributed by atoms with Crippen molar-refractivity contribution in [2.75, 3.05) is 17.7 Å². The van der Waals surface area contributed by atoms with Gasteiger partial charge >= 0.3 is 0 Å². The molecule has 0 spiro atoms. The molecule has 7 heteroatoms. The van der Waals surface area contributed by atoms with Crippen LogP contribution in [0.15, 0.2) is 53.9 Å². The molecule has 2 amide bonds. The van der Waals surface area contributed by atoms with E-state index in [1.165, 1.54) is 11.3 Å². The highest BCUT2D eigenvalue weighted by Crippen LogP contribution is 2.35. The van der Waals surface area contributed by atoms with E-state index < -0.39 is 5.92 Å². The van der Waals surface area contributed by atoms with Gasteiger partial charge in [0.05, 0.1) is 18.7 Å². The Kier molecular flexibility index (Phi) is 4.60.